The van der Waals surface area contributed by atoms with Crippen molar-refractivity contribution in [2.75, 3.05) is 48.7 Å². The molecule has 7 rings (SSSR count). The van der Waals surface area contributed by atoms with Crippen molar-refractivity contribution >= 4 is 55.5 Å². The summed E-state index contributed by atoms with van der Waals surface area (Å²) in [6.45, 7) is 4.42. The predicted molar refractivity (Wildman–Crippen MR) is 218 cm³/mol. The molecule has 0 unspecified atom stereocenters. The predicted octanol–water partition coefficient (Wildman–Crippen LogP) is 7.77. The van der Waals surface area contributed by atoms with Crippen LogP contribution in [-0.4, -0.2) is 67.7 Å². The number of hydrogen-bond acceptors (Lipinski definition) is 10. The molecule has 11 nitrogen and oxygen atoms in total. The number of nitro groups is 1. The van der Waals surface area contributed by atoms with E-state index in [0.29, 0.717) is 12.3 Å². The van der Waals surface area contributed by atoms with E-state index in [0.717, 1.165) is 65.9 Å². The maximum atomic E-state index is 13.2. The van der Waals surface area contributed by atoms with E-state index in [1.54, 1.807) is 48.2 Å². The maximum absolute atomic E-state index is 13.2. The van der Waals surface area contributed by atoms with Crippen LogP contribution >= 0.6 is 11.8 Å². The Hall–Kier alpha value is -5.89. The van der Waals surface area contributed by atoms with Crippen LogP contribution in [0.5, 0.6) is 5.75 Å². The highest BCUT2D eigenvalue weighted by atomic mass is 32.2. The molecule has 1 fully saturated rings. The number of phenolic OH excluding ortho intramolecular Hbond substituents is 1. The van der Waals surface area contributed by atoms with Gasteiger partial charge < -0.3 is 15.3 Å². The Bertz CT molecular complexity index is 2440. The molecule has 0 saturated carbocycles. The third kappa shape index (κ3) is 8.92. The molecular formula is C42H39N5O6S2. The molecule has 1 heterocycles. The Labute approximate surface area is 323 Å². The minimum Gasteiger partial charge on any atom is -0.508 e. The zero-order valence-corrected chi connectivity index (χ0v) is 31.4. The summed E-state index contributed by atoms with van der Waals surface area (Å²) in [5.41, 5.74) is 4.13. The molecule has 0 radical (unpaired) electrons. The van der Waals surface area contributed by atoms with E-state index in [9.17, 15) is 28.4 Å². The number of fused-ring (bicyclic) bond motifs is 1. The van der Waals surface area contributed by atoms with Crippen LogP contribution in [0, 0.1) is 10.1 Å². The van der Waals surface area contributed by atoms with Crippen molar-refractivity contribution in [3.05, 3.63) is 155 Å². The van der Waals surface area contributed by atoms with Crippen LogP contribution in [0.3, 0.4) is 0 Å². The summed E-state index contributed by atoms with van der Waals surface area (Å²) >= 11 is 1.59. The average Bonchev–Trinajstić information content (AvgIpc) is 3.20. The zero-order valence-electron chi connectivity index (χ0n) is 29.8. The first-order chi connectivity index (χ1) is 26.6. The first-order valence-corrected chi connectivity index (χ1v) is 20.3. The number of carbonyl (C=O) groups is 1. The third-order valence-electron chi connectivity index (χ3n) is 9.57. The largest absolute Gasteiger partial charge is 0.508 e. The number of anilines is 2. The maximum Gasteiger partial charge on any atom is 0.293 e. The van der Waals surface area contributed by atoms with Crippen molar-refractivity contribution < 1.29 is 23.2 Å². The van der Waals surface area contributed by atoms with E-state index in [1.165, 1.54) is 23.1 Å². The van der Waals surface area contributed by atoms with Crippen LogP contribution in [0.1, 0.15) is 15.9 Å². The van der Waals surface area contributed by atoms with Crippen molar-refractivity contribution in [1.82, 2.24) is 9.62 Å². The lowest BCUT2D eigenvalue weighted by Gasteiger charge is -2.36. The molecule has 1 aliphatic rings. The summed E-state index contributed by atoms with van der Waals surface area (Å²) in [6, 6.07) is 40.0. The van der Waals surface area contributed by atoms with E-state index >= 15 is 0 Å². The topological polar surface area (TPSA) is 145 Å². The highest BCUT2D eigenvalue weighted by Gasteiger charge is 2.25. The number of aromatic hydroxyl groups is 1. The summed E-state index contributed by atoms with van der Waals surface area (Å²) in [6.07, 6.45) is 0. The van der Waals surface area contributed by atoms with Crippen LogP contribution < -0.4 is 14.9 Å². The molecule has 3 N–H and O–H groups in total. The molecule has 6 aromatic carbocycles. The fraction of sp³-hybridized carbons (Fsp3) is 0.167. The number of carbonyl (C=O) groups excluding carboxylic acids is 1. The minimum atomic E-state index is -4.40. The number of piperazine rings is 1. The molecule has 0 spiro atoms. The molecule has 55 heavy (non-hydrogen) atoms. The molecule has 0 aromatic heterocycles. The fourth-order valence-corrected chi connectivity index (χ4v) is 8.53. The second kappa shape index (κ2) is 16.6. The number of hydrogen-bond donors (Lipinski definition) is 3. The van der Waals surface area contributed by atoms with Crippen molar-refractivity contribution in [2.24, 2.45) is 0 Å². The molecule has 280 valence electrons. The van der Waals surface area contributed by atoms with Gasteiger partial charge in [0.05, 0.1) is 9.82 Å². The number of amides is 1. The quantitative estimate of drug-likeness (QED) is 0.0461. The lowest BCUT2D eigenvalue weighted by molar-refractivity contribution is -0.384. The number of thioether (sulfide) groups is 1. The van der Waals surface area contributed by atoms with Crippen LogP contribution in [0.25, 0.3) is 21.9 Å². The van der Waals surface area contributed by atoms with E-state index in [-0.39, 0.29) is 21.9 Å². The van der Waals surface area contributed by atoms with Crippen molar-refractivity contribution in [3.8, 4) is 16.9 Å². The number of benzene rings is 6. The van der Waals surface area contributed by atoms with Crippen LogP contribution in [-0.2, 0) is 16.6 Å². The number of nitro benzene ring substituents is 1. The van der Waals surface area contributed by atoms with Gasteiger partial charge in [0, 0.05) is 67.2 Å². The van der Waals surface area contributed by atoms with Crippen molar-refractivity contribution in [3.63, 3.8) is 0 Å². The standard InChI is InChI=1S/C42H39N5O6S2/c48-34-8-6-7-31(27-34)38-19-15-32(37-11-4-5-12-39(37)38)29-45-22-24-46(25-23-45)33-16-13-30(14-17-33)42(49)44-55(52,53)36-18-20-40(41(28-36)47(50)51)43-21-26-54-35-9-2-1-3-10-35/h1-20,27-28,43,48H,21-26,29H2,(H,44,49). The van der Waals surface area contributed by atoms with Gasteiger partial charge in [-0.1, -0.05) is 66.7 Å². The summed E-state index contributed by atoms with van der Waals surface area (Å²) < 4.78 is 28.4. The highest BCUT2D eigenvalue weighted by Crippen LogP contribution is 2.33. The van der Waals surface area contributed by atoms with Crippen molar-refractivity contribution in [2.45, 2.75) is 16.3 Å². The first kappa shape index (κ1) is 37.4. The van der Waals surface area contributed by atoms with Gasteiger partial charge in [-0.05, 0) is 88.1 Å². The molecule has 0 atom stereocenters. The second-order valence-electron chi connectivity index (χ2n) is 13.1. The Morgan fingerprint density at radius 3 is 2.25 bits per heavy atom. The second-order valence-corrected chi connectivity index (χ2v) is 16.0. The van der Waals surface area contributed by atoms with Gasteiger partial charge in [-0.25, -0.2) is 13.1 Å². The molecule has 1 aliphatic heterocycles. The van der Waals surface area contributed by atoms with Gasteiger partial charge in [-0.2, -0.15) is 0 Å². The fourth-order valence-electron chi connectivity index (χ4n) is 6.74. The highest BCUT2D eigenvalue weighted by molar-refractivity contribution is 7.99. The minimum absolute atomic E-state index is 0.149. The zero-order chi connectivity index (χ0) is 38.4. The molecule has 6 aromatic rings. The summed E-state index contributed by atoms with van der Waals surface area (Å²) in [5, 5.41) is 27.2. The normalized spacial score (nSPS) is 13.4. The molecule has 1 amide bonds. The molecule has 13 heteroatoms. The Morgan fingerprint density at radius 1 is 0.800 bits per heavy atom. The first-order valence-electron chi connectivity index (χ1n) is 17.8. The Morgan fingerprint density at radius 2 is 1.53 bits per heavy atom. The Kier molecular flexibility index (Phi) is 11.3. The van der Waals surface area contributed by atoms with Crippen LogP contribution in [0.15, 0.2) is 143 Å². The SMILES string of the molecule is O=C(NS(=O)(=O)c1ccc(NCCSc2ccccc2)c([N+](=O)[O-])c1)c1ccc(N2CCN(Cc3ccc(-c4cccc(O)c4)c4ccccc34)CC2)cc1. The summed E-state index contributed by atoms with van der Waals surface area (Å²) in [7, 11) is -4.40. The van der Waals surface area contributed by atoms with Gasteiger partial charge in [-0.15, -0.1) is 11.8 Å². The third-order valence-corrected chi connectivity index (χ3v) is 11.9. The molecule has 1 saturated heterocycles. The summed E-state index contributed by atoms with van der Waals surface area (Å²) in [5.74, 6) is 0.0459. The number of rotatable bonds is 13. The lowest BCUT2D eigenvalue weighted by Crippen LogP contribution is -2.46. The number of nitrogens with one attached hydrogen (secondary N) is 2. The lowest BCUT2D eigenvalue weighted by atomic mass is 9.94. The van der Waals surface area contributed by atoms with E-state index in [2.05, 4.69) is 44.1 Å². The monoisotopic (exact) mass is 773 g/mol. The van der Waals surface area contributed by atoms with Gasteiger partial charge in [0.25, 0.3) is 21.6 Å². The van der Waals surface area contributed by atoms with Crippen LogP contribution in [0.2, 0.25) is 0 Å². The van der Waals surface area contributed by atoms with Gasteiger partial charge in [0.15, 0.2) is 0 Å². The summed E-state index contributed by atoms with van der Waals surface area (Å²) in [4.78, 5) is 29.6. The van der Waals surface area contributed by atoms with Gasteiger partial charge in [0.2, 0.25) is 0 Å². The molecule has 0 bridgehead atoms. The average molecular weight is 774 g/mol. The number of phenols is 1. The van der Waals surface area contributed by atoms with Gasteiger partial charge >= 0.3 is 0 Å². The van der Waals surface area contributed by atoms with Crippen LogP contribution in [0.4, 0.5) is 17.1 Å². The van der Waals surface area contributed by atoms with Crippen molar-refractivity contribution in [1.29, 1.82) is 0 Å². The van der Waals surface area contributed by atoms with E-state index in [4.69, 9.17) is 0 Å². The Balaban J connectivity index is 0.940. The molecule has 0 aliphatic carbocycles. The van der Waals surface area contributed by atoms with E-state index < -0.39 is 26.5 Å². The molecular weight excluding hydrogens is 735 g/mol. The van der Waals surface area contributed by atoms with Gasteiger partial charge in [-0.3, -0.25) is 19.8 Å². The number of nitrogens with zero attached hydrogens (tertiary/aromatic N) is 3. The smallest absolute Gasteiger partial charge is 0.293 e. The van der Waals surface area contributed by atoms with Gasteiger partial charge in [0.1, 0.15) is 11.4 Å². The van der Waals surface area contributed by atoms with E-state index in [1.807, 2.05) is 54.6 Å². The number of sulfonamides is 1.